The highest BCUT2D eigenvalue weighted by Crippen LogP contribution is 2.48. The molecule has 6 unspecified atom stereocenters. The summed E-state index contributed by atoms with van der Waals surface area (Å²) >= 11 is 0. The van der Waals surface area contributed by atoms with Crippen LogP contribution in [0.4, 0.5) is 0 Å². The number of nitrogens with one attached hydrogen (secondary N) is 2. The minimum atomic E-state index is 0. The number of carbonyl (C=O) groups is 2. The molecule has 0 heterocycles. The van der Waals surface area contributed by atoms with Crippen molar-refractivity contribution in [2.24, 2.45) is 46.3 Å². The number of carbonyl (C=O) groups excluding carboxylic acids is 2. The van der Waals surface area contributed by atoms with Gasteiger partial charge in [0, 0.05) is 24.9 Å². The van der Waals surface area contributed by atoms with Crippen molar-refractivity contribution in [3.05, 3.63) is 0 Å². The van der Waals surface area contributed by atoms with E-state index < -0.39 is 0 Å². The number of hydrogen-bond acceptors (Lipinski definition) is 2. The molecule has 0 saturated heterocycles. The Morgan fingerprint density at radius 2 is 0.979 bits per heavy atom. The zero-order valence-electron chi connectivity index (χ0n) is 33.7. The number of unbranched alkanes of at least 4 members (excludes halogenated alkanes) is 3. The molecule has 8 heteroatoms. The smallest absolute Gasteiger partial charge is 0.275 e. The van der Waals surface area contributed by atoms with Gasteiger partial charge in [-0.15, -0.1) is 0 Å². The Kier molecular flexibility index (Phi) is 20.8. The van der Waals surface area contributed by atoms with E-state index in [2.05, 4.69) is 94.2 Å². The summed E-state index contributed by atoms with van der Waals surface area (Å²) < 4.78 is 1.50. The zero-order valence-corrected chi connectivity index (χ0v) is 35.2. The summed E-state index contributed by atoms with van der Waals surface area (Å²) in [5.41, 5.74) is 0.872. The summed E-state index contributed by atoms with van der Waals surface area (Å²) in [6.07, 6.45) is 14.9. The van der Waals surface area contributed by atoms with Crippen molar-refractivity contribution in [1.29, 1.82) is 0 Å². The summed E-state index contributed by atoms with van der Waals surface area (Å²) in [7, 11) is 8.83. The predicted octanol–water partition coefficient (Wildman–Crippen LogP) is 1.92. The first-order valence-electron chi connectivity index (χ1n) is 19.4. The van der Waals surface area contributed by atoms with E-state index in [0.29, 0.717) is 35.8 Å². The van der Waals surface area contributed by atoms with Crippen LogP contribution in [0.25, 0.3) is 0 Å². The lowest BCUT2D eigenvalue weighted by molar-refractivity contribution is -0.885. The van der Waals surface area contributed by atoms with E-state index in [4.69, 9.17) is 0 Å². The Labute approximate surface area is 311 Å². The molecule has 2 aliphatic carbocycles. The lowest BCUT2D eigenvalue weighted by Gasteiger charge is -2.45. The van der Waals surface area contributed by atoms with Gasteiger partial charge in [-0.25, -0.2) is 0 Å². The monoisotopic (exact) mass is 719 g/mol. The third-order valence-electron chi connectivity index (χ3n) is 12.2. The van der Waals surface area contributed by atoms with E-state index in [9.17, 15) is 9.59 Å². The van der Waals surface area contributed by atoms with Gasteiger partial charge >= 0.3 is 0 Å². The van der Waals surface area contributed by atoms with Crippen LogP contribution in [-0.2, 0) is 9.59 Å². The van der Waals surface area contributed by atoms with E-state index in [1.807, 2.05) is 0 Å². The molecular formula is C40H80Cl2N4O2. The third kappa shape index (κ3) is 17.1. The highest BCUT2D eigenvalue weighted by Gasteiger charge is 2.39. The van der Waals surface area contributed by atoms with Crippen molar-refractivity contribution in [1.82, 2.24) is 10.6 Å². The molecule has 0 spiro atoms. The van der Waals surface area contributed by atoms with Gasteiger partial charge in [0.05, 0.1) is 41.3 Å². The number of halogens is 2. The molecule has 48 heavy (non-hydrogen) atoms. The first kappa shape index (κ1) is 47.4. The van der Waals surface area contributed by atoms with Gasteiger partial charge < -0.3 is 44.4 Å². The number of likely N-dealkylation sites (N-methyl/N-ethyl adjacent to an activating group) is 2. The van der Waals surface area contributed by atoms with Crippen LogP contribution >= 0.6 is 0 Å². The van der Waals surface area contributed by atoms with E-state index in [1.165, 1.54) is 51.4 Å². The van der Waals surface area contributed by atoms with Crippen molar-refractivity contribution < 1.29 is 43.4 Å². The average molecular weight is 720 g/mol. The van der Waals surface area contributed by atoms with E-state index in [0.717, 1.165) is 84.5 Å². The van der Waals surface area contributed by atoms with Crippen LogP contribution in [0.3, 0.4) is 0 Å². The van der Waals surface area contributed by atoms with Crippen LogP contribution in [0, 0.1) is 46.3 Å². The number of nitrogens with zero attached hydrogens (tertiary/aromatic N) is 2. The highest BCUT2D eigenvalue weighted by molar-refractivity contribution is 5.77. The Morgan fingerprint density at radius 3 is 1.29 bits per heavy atom. The Bertz CT molecular complexity index is 864. The lowest BCUT2D eigenvalue weighted by Crippen LogP contribution is -3.00. The van der Waals surface area contributed by atoms with E-state index in [1.54, 1.807) is 0 Å². The molecule has 0 bridgehead atoms. The third-order valence-corrected chi connectivity index (χ3v) is 12.2. The van der Waals surface area contributed by atoms with Gasteiger partial charge in [0.1, 0.15) is 0 Å². The second kappa shape index (κ2) is 21.1. The van der Waals surface area contributed by atoms with Crippen LogP contribution in [0.2, 0.25) is 0 Å². The number of quaternary nitrogens is 2. The maximum absolute atomic E-state index is 12.7. The fourth-order valence-corrected chi connectivity index (χ4v) is 9.96. The minimum absolute atomic E-state index is 0. The molecule has 6 nitrogen and oxygen atoms in total. The van der Waals surface area contributed by atoms with Crippen LogP contribution in [0.15, 0.2) is 0 Å². The zero-order chi connectivity index (χ0) is 34.8. The van der Waals surface area contributed by atoms with Crippen LogP contribution in [0.5, 0.6) is 0 Å². The molecule has 6 atom stereocenters. The van der Waals surface area contributed by atoms with Gasteiger partial charge in [0.25, 0.3) is 11.8 Å². The molecule has 286 valence electrons. The van der Waals surface area contributed by atoms with Gasteiger partial charge in [0.2, 0.25) is 0 Å². The van der Waals surface area contributed by atoms with E-state index in [-0.39, 0.29) is 36.6 Å². The van der Waals surface area contributed by atoms with Crippen LogP contribution < -0.4 is 35.4 Å². The molecule has 0 aliphatic heterocycles. The Morgan fingerprint density at radius 1 is 0.646 bits per heavy atom. The molecule has 2 N–H and O–H groups in total. The molecule has 2 rings (SSSR count). The molecule has 2 aliphatic rings. The van der Waals surface area contributed by atoms with Gasteiger partial charge in [-0.05, 0) is 73.0 Å². The quantitative estimate of drug-likeness (QED) is 0.159. The lowest BCUT2D eigenvalue weighted by atomic mass is 9.62. The van der Waals surface area contributed by atoms with Crippen molar-refractivity contribution in [2.45, 2.75) is 132 Å². The van der Waals surface area contributed by atoms with Crippen molar-refractivity contribution in [2.75, 3.05) is 67.5 Å². The summed E-state index contributed by atoms with van der Waals surface area (Å²) in [5, 5.41) is 6.34. The second-order valence-corrected chi connectivity index (χ2v) is 19.3. The van der Waals surface area contributed by atoms with E-state index >= 15 is 0 Å². The maximum Gasteiger partial charge on any atom is 0.275 e. The second-order valence-electron chi connectivity index (χ2n) is 19.3. The molecule has 0 aromatic rings. The Balaban J connectivity index is 0.0000110. The number of amides is 2. The molecule has 2 fully saturated rings. The predicted molar refractivity (Wildman–Crippen MR) is 196 cm³/mol. The number of hydrogen-bond donors (Lipinski definition) is 2. The van der Waals surface area contributed by atoms with Crippen LogP contribution in [-0.4, -0.2) is 88.2 Å². The van der Waals surface area contributed by atoms with Gasteiger partial charge in [-0.2, -0.15) is 0 Å². The first-order chi connectivity index (χ1) is 21.2. The summed E-state index contributed by atoms with van der Waals surface area (Å²) in [6.45, 7) is 24.2. The van der Waals surface area contributed by atoms with Crippen molar-refractivity contribution >= 4 is 11.8 Å². The first-order valence-corrected chi connectivity index (χ1v) is 19.4. The van der Waals surface area contributed by atoms with Crippen molar-refractivity contribution in [3.8, 4) is 0 Å². The van der Waals surface area contributed by atoms with Gasteiger partial charge in [-0.3, -0.25) is 9.59 Å². The van der Waals surface area contributed by atoms with Crippen LogP contribution in [0.1, 0.15) is 132 Å². The SMILES string of the molecule is CC(CC1C(C)CCCC1(C)C)C[N+](C)(C)CC(=O)NCCCCCCNC(=O)C[N+](C)(C)CC(C)CC1C(C)CCCC1(C)C.[Cl-].[Cl-]. The highest BCUT2D eigenvalue weighted by atomic mass is 35.5. The number of rotatable bonds is 19. The van der Waals surface area contributed by atoms with Gasteiger partial charge in [0.15, 0.2) is 13.1 Å². The standard InChI is InChI=1S/C40H78N4O2.2ClH/c1-31(25-35-33(3)19-17-21-39(35,5)6)27-43(9,10)29-37(45)41-23-15-13-14-16-24-42-38(46)30-44(11,12)28-32(2)26-36-34(4)20-18-22-40(36,7)8;;/h31-36H,13-30H2,1-12H3;2*1H. The summed E-state index contributed by atoms with van der Waals surface area (Å²) in [4.78, 5) is 25.5. The molecule has 0 radical (unpaired) electrons. The van der Waals surface area contributed by atoms with Gasteiger partial charge in [-0.1, -0.05) is 93.9 Å². The fraction of sp³-hybridized carbons (Fsp3) is 0.950. The largest absolute Gasteiger partial charge is 1.00 e. The Hall–Kier alpha value is -0.560. The van der Waals surface area contributed by atoms with Crippen molar-refractivity contribution in [3.63, 3.8) is 0 Å². The fourth-order valence-electron chi connectivity index (χ4n) is 9.96. The maximum atomic E-state index is 12.7. The molecule has 2 amide bonds. The molecule has 0 aromatic heterocycles. The molecule has 0 aromatic carbocycles. The minimum Gasteiger partial charge on any atom is -1.00 e. The molecule has 2 saturated carbocycles. The summed E-state index contributed by atoms with van der Waals surface area (Å²) in [5.74, 6) is 4.75. The summed E-state index contributed by atoms with van der Waals surface area (Å²) in [6, 6.07) is 0. The average Bonchev–Trinajstić information content (AvgIpc) is 2.88. The topological polar surface area (TPSA) is 58.2 Å². The molecular weight excluding hydrogens is 639 g/mol. The normalized spacial score (nSPS) is 25.2.